The lowest BCUT2D eigenvalue weighted by Gasteiger charge is -2.31. The minimum atomic E-state index is 0.213. The molecule has 1 aromatic heterocycles. The van der Waals surface area contributed by atoms with E-state index in [4.69, 9.17) is 4.74 Å². The number of hydrogen-bond donors (Lipinski definition) is 0. The molecule has 128 valence electrons. The van der Waals surface area contributed by atoms with Crippen LogP contribution in [0.3, 0.4) is 0 Å². The monoisotopic (exact) mass is 362 g/mol. The van der Waals surface area contributed by atoms with E-state index in [0.717, 1.165) is 42.4 Å². The lowest BCUT2D eigenvalue weighted by Crippen LogP contribution is -2.40. The van der Waals surface area contributed by atoms with Crippen molar-refractivity contribution >= 4 is 39.2 Å². The topological polar surface area (TPSA) is 42.4 Å². The Morgan fingerprint density at radius 2 is 2.21 bits per heavy atom. The number of thioether (sulfide) groups is 1. The summed E-state index contributed by atoms with van der Waals surface area (Å²) in [6.45, 7) is 6.70. The van der Waals surface area contributed by atoms with Gasteiger partial charge in [-0.1, -0.05) is 30.0 Å². The third kappa shape index (κ3) is 4.59. The fourth-order valence-corrected chi connectivity index (χ4v) is 4.77. The van der Waals surface area contributed by atoms with Gasteiger partial charge in [-0.2, -0.15) is 0 Å². The molecule has 0 aliphatic carbocycles. The summed E-state index contributed by atoms with van der Waals surface area (Å²) in [4.78, 5) is 18.9. The van der Waals surface area contributed by atoms with Gasteiger partial charge >= 0.3 is 0 Å². The van der Waals surface area contributed by atoms with Crippen molar-refractivity contribution in [3.63, 3.8) is 0 Å². The second kappa shape index (κ2) is 8.65. The van der Waals surface area contributed by atoms with Crippen molar-refractivity contribution in [2.24, 2.45) is 5.92 Å². The number of hydrogen-bond acceptors (Lipinski definition) is 5. The summed E-state index contributed by atoms with van der Waals surface area (Å²) in [7, 11) is 0. The molecule has 1 aliphatic rings. The van der Waals surface area contributed by atoms with Crippen molar-refractivity contribution in [1.29, 1.82) is 0 Å². The number of carbonyl (C=O) groups is 1. The number of benzene rings is 1. The van der Waals surface area contributed by atoms with Crippen molar-refractivity contribution in [2.45, 2.75) is 17.2 Å². The van der Waals surface area contributed by atoms with Crippen LogP contribution in [-0.2, 0) is 9.53 Å². The Hall–Kier alpha value is -1.37. The first-order valence-electron chi connectivity index (χ1n) is 8.21. The second-order valence-electron chi connectivity index (χ2n) is 5.89. The van der Waals surface area contributed by atoms with Gasteiger partial charge in [0.1, 0.15) is 0 Å². The van der Waals surface area contributed by atoms with Crippen LogP contribution >= 0.6 is 23.1 Å². The molecule has 0 radical (unpaired) electrons. The van der Waals surface area contributed by atoms with Gasteiger partial charge in [0.2, 0.25) is 5.91 Å². The molecule has 0 unspecified atom stereocenters. The first-order valence-corrected chi connectivity index (χ1v) is 10.0. The van der Waals surface area contributed by atoms with Gasteiger partial charge in [0.25, 0.3) is 0 Å². The van der Waals surface area contributed by atoms with E-state index in [2.05, 4.69) is 17.6 Å². The number of amides is 1. The van der Waals surface area contributed by atoms with Crippen molar-refractivity contribution < 1.29 is 9.53 Å². The van der Waals surface area contributed by atoms with E-state index in [1.165, 1.54) is 4.70 Å². The molecule has 2 aromatic rings. The van der Waals surface area contributed by atoms with Crippen LogP contribution in [0.5, 0.6) is 0 Å². The molecule has 6 heteroatoms. The van der Waals surface area contributed by atoms with E-state index >= 15 is 0 Å². The van der Waals surface area contributed by atoms with Gasteiger partial charge in [-0.15, -0.1) is 17.9 Å². The van der Waals surface area contributed by atoms with Crippen molar-refractivity contribution in [3.8, 4) is 0 Å². The molecule has 0 atom stereocenters. The highest BCUT2D eigenvalue weighted by molar-refractivity contribution is 8.01. The number of rotatable bonds is 7. The largest absolute Gasteiger partial charge is 0.377 e. The minimum Gasteiger partial charge on any atom is -0.377 e. The molecule has 4 nitrogen and oxygen atoms in total. The minimum absolute atomic E-state index is 0.213. The molecular weight excluding hydrogens is 340 g/mol. The van der Waals surface area contributed by atoms with Crippen LogP contribution < -0.4 is 0 Å². The van der Waals surface area contributed by atoms with Crippen LogP contribution in [0.1, 0.15) is 12.8 Å². The van der Waals surface area contributed by atoms with Crippen molar-refractivity contribution in [1.82, 2.24) is 9.88 Å². The van der Waals surface area contributed by atoms with Crippen molar-refractivity contribution in [3.05, 3.63) is 36.9 Å². The summed E-state index contributed by atoms with van der Waals surface area (Å²) >= 11 is 3.20. The molecule has 3 rings (SSSR count). The molecule has 0 spiro atoms. The predicted octanol–water partition coefficient (Wildman–Crippen LogP) is 3.83. The first-order chi connectivity index (χ1) is 11.8. The maximum Gasteiger partial charge on any atom is 0.233 e. The SMILES string of the molecule is C=CCOCC1CCN(C(=O)CSc2nc3ccccc3s2)CC1. The number of aromatic nitrogens is 1. The normalized spacial score (nSPS) is 15.8. The number of ether oxygens (including phenoxy) is 1. The molecule has 0 N–H and O–H groups in total. The first kappa shape index (κ1) is 17.5. The van der Waals surface area contributed by atoms with Gasteiger partial charge in [0.05, 0.1) is 22.6 Å². The van der Waals surface area contributed by atoms with E-state index in [-0.39, 0.29) is 5.91 Å². The summed E-state index contributed by atoms with van der Waals surface area (Å²) in [6, 6.07) is 8.09. The van der Waals surface area contributed by atoms with E-state index in [1.807, 2.05) is 23.1 Å². The van der Waals surface area contributed by atoms with E-state index in [0.29, 0.717) is 18.3 Å². The summed E-state index contributed by atoms with van der Waals surface area (Å²) in [5.41, 5.74) is 1.01. The number of thiazole rings is 1. The number of fused-ring (bicyclic) bond motifs is 1. The smallest absolute Gasteiger partial charge is 0.233 e. The van der Waals surface area contributed by atoms with Gasteiger partial charge in [-0.3, -0.25) is 4.79 Å². The third-order valence-electron chi connectivity index (χ3n) is 4.15. The molecule has 1 aromatic carbocycles. The highest BCUT2D eigenvalue weighted by atomic mass is 32.2. The zero-order valence-electron chi connectivity index (χ0n) is 13.6. The summed E-state index contributed by atoms with van der Waals surface area (Å²) in [5, 5.41) is 0. The molecule has 1 fully saturated rings. The summed E-state index contributed by atoms with van der Waals surface area (Å²) < 4.78 is 7.66. The van der Waals surface area contributed by atoms with Gasteiger partial charge < -0.3 is 9.64 Å². The zero-order chi connectivity index (χ0) is 16.8. The van der Waals surface area contributed by atoms with E-state index in [9.17, 15) is 4.79 Å². The average molecular weight is 363 g/mol. The Morgan fingerprint density at radius 3 is 2.96 bits per heavy atom. The third-order valence-corrected chi connectivity index (χ3v) is 6.31. The molecule has 0 saturated carbocycles. The van der Waals surface area contributed by atoms with Crippen LogP contribution in [0.15, 0.2) is 41.3 Å². The average Bonchev–Trinajstić information content (AvgIpc) is 3.03. The second-order valence-corrected chi connectivity index (χ2v) is 8.14. The molecule has 1 amide bonds. The number of carbonyl (C=O) groups excluding carboxylic acids is 1. The van der Waals surface area contributed by atoms with Crippen LogP contribution in [0, 0.1) is 5.92 Å². The van der Waals surface area contributed by atoms with Crippen LogP contribution in [0.2, 0.25) is 0 Å². The molecule has 0 bridgehead atoms. The van der Waals surface area contributed by atoms with Gasteiger partial charge in [0, 0.05) is 19.7 Å². The van der Waals surface area contributed by atoms with Crippen LogP contribution in [0.25, 0.3) is 10.2 Å². The Bertz CT molecular complexity index is 660. The van der Waals surface area contributed by atoms with Gasteiger partial charge in [0.15, 0.2) is 4.34 Å². The number of para-hydroxylation sites is 1. The maximum absolute atomic E-state index is 12.4. The lowest BCUT2D eigenvalue weighted by molar-refractivity contribution is -0.130. The fourth-order valence-electron chi connectivity index (χ4n) is 2.79. The van der Waals surface area contributed by atoms with Crippen LogP contribution in [-0.4, -0.2) is 47.8 Å². The van der Waals surface area contributed by atoms with Crippen molar-refractivity contribution in [2.75, 3.05) is 32.1 Å². The van der Waals surface area contributed by atoms with E-state index in [1.54, 1.807) is 29.2 Å². The van der Waals surface area contributed by atoms with Gasteiger partial charge in [-0.05, 0) is 30.9 Å². The Labute approximate surface area is 150 Å². The number of piperidine rings is 1. The highest BCUT2D eigenvalue weighted by Crippen LogP contribution is 2.29. The zero-order valence-corrected chi connectivity index (χ0v) is 15.3. The summed E-state index contributed by atoms with van der Waals surface area (Å²) in [6.07, 6.45) is 3.82. The standard InChI is InChI=1S/C18H22N2O2S2/c1-2-11-22-12-14-7-9-20(10-8-14)17(21)13-23-18-19-15-5-3-4-6-16(15)24-18/h2-6,14H,1,7-13H2. The Balaban J connectivity index is 1.43. The molecule has 1 saturated heterocycles. The highest BCUT2D eigenvalue weighted by Gasteiger charge is 2.23. The maximum atomic E-state index is 12.4. The Kier molecular flexibility index (Phi) is 6.29. The molecule has 24 heavy (non-hydrogen) atoms. The van der Waals surface area contributed by atoms with E-state index < -0.39 is 0 Å². The fraction of sp³-hybridized carbons (Fsp3) is 0.444. The molecule has 1 aliphatic heterocycles. The van der Waals surface area contributed by atoms with Crippen LogP contribution in [0.4, 0.5) is 0 Å². The number of nitrogens with zero attached hydrogens (tertiary/aromatic N) is 2. The molecular formula is C18H22N2O2S2. The lowest BCUT2D eigenvalue weighted by atomic mass is 9.98. The number of likely N-dealkylation sites (tertiary alicyclic amines) is 1. The summed E-state index contributed by atoms with van der Waals surface area (Å²) in [5.74, 6) is 1.24. The quantitative estimate of drug-likeness (QED) is 0.426. The molecule has 2 heterocycles. The Morgan fingerprint density at radius 1 is 1.42 bits per heavy atom. The predicted molar refractivity (Wildman–Crippen MR) is 101 cm³/mol. The van der Waals surface area contributed by atoms with Gasteiger partial charge in [-0.25, -0.2) is 4.98 Å².